The molecular weight excluding hydrogens is 186 g/mol. The summed E-state index contributed by atoms with van der Waals surface area (Å²) in [5, 5.41) is 4.56. The largest absolute Gasteiger partial charge is 0.298 e. The third kappa shape index (κ3) is 2.34. The second-order valence-electron chi connectivity index (χ2n) is 2.78. The van der Waals surface area contributed by atoms with Gasteiger partial charge in [-0.05, 0) is 12.1 Å². The Hall–Kier alpha value is -0.313. The predicted molar refractivity (Wildman–Crippen MR) is 58.3 cm³/mol. The van der Waals surface area contributed by atoms with Gasteiger partial charge in [0.15, 0.2) is 0 Å². The van der Waals surface area contributed by atoms with E-state index in [1.165, 1.54) is 10.8 Å². The van der Waals surface area contributed by atoms with Crippen LogP contribution in [0.3, 0.4) is 0 Å². The summed E-state index contributed by atoms with van der Waals surface area (Å²) in [6.07, 6.45) is 0. The van der Waals surface area contributed by atoms with Crippen LogP contribution < -0.4 is 10.5 Å². The molecule has 0 aromatic heterocycles. The topological polar surface area (TPSA) is 12.0 Å². The Labute approximate surface area is 81.6 Å². The van der Waals surface area contributed by atoms with E-state index in [9.17, 15) is 0 Å². The smallest absolute Gasteiger partial charge is 0.108 e. The Morgan fingerprint density at radius 1 is 1.50 bits per heavy atom. The lowest BCUT2D eigenvalue weighted by molar-refractivity contribution is 0.703. The predicted octanol–water partition coefficient (Wildman–Crippen LogP) is 0.524. The van der Waals surface area contributed by atoms with Gasteiger partial charge < -0.3 is 0 Å². The molecule has 1 unspecified atom stereocenters. The zero-order chi connectivity index (χ0) is 8.97. The lowest BCUT2D eigenvalue weighted by atomic mass is 10.2. The summed E-state index contributed by atoms with van der Waals surface area (Å²) < 4.78 is 0. The van der Waals surface area contributed by atoms with Crippen LogP contribution in [0.25, 0.3) is 0 Å². The van der Waals surface area contributed by atoms with Gasteiger partial charge in [0.2, 0.25) is 0 Å². The van der Waals surface area contributed by atoms with E-state index in [1.54, 1.807) is 0 Å². The number of hydrogen-bond acceptors (Lipinski definition) is 1. The van der Waals surface area contributed by atoms with E-state index in [2.05, 4.69) is 30.4 Å². The van der Waals surface area contributed by atoms with E-state index in [-0.39, 0.29) is 5.50 Å². The van der Waals surface area contributed by atoms with Crippen molar-refractivity contribution >= 4 is 27.0 Å². The molecule has 0 amide bonds. The first kappa shape index (κ1) is 9.77. The molecule has 1 rings (SSSR count). The molecule has 0 aliphatic carbocycles. The molecule has 66 valence electrons. The fourth-order valence-electron chi connectivity index (χ4n) is 1.16. The van der Waals surface area contributed by atoms with Gasteiger partial charge in [0, 0.05) is 10.2 Å². The molecule has 0 radical (unpaired) electrons. The minimum absolute atomic E-state index is 0.0244. The van der Waals surface area contributed by atoms with Crippen molar-refractivity contribution in [3.05, 3.63) is 29.8 Å². The van der Waals surface area contributed by atoms with Gasteiger partial charge in [0.05, 0.1) is 0 Å². The first-order valence-electron chi connectivity index (χ1n) is 4.18. The average molecular weight is 200 g/mol. The van der Waals surface area contributed by atoms with Crippen molar-refractivity contribution in [2.24, 2.45) is 0 Å². The van der Waals surface area contributed by atoms with Crippen LogP contribution in [0.1, 0.15) is 18.0 Å². The number of rotatable bonds is 3. The maximum absolute atomic E-state index is 6.12. The highest BCUT2D eigenvalue weighted by atomic mass is 35.5. The lowest BCUT2D eigenvalue weighted by Crippen LogP contribution is -2.22. The van der Waals surface area contributed by atoms with Crippen LogP contribution >= 0.6 is 11.6 Å². The van der Waals surface area contributed by atoms with Crippen molar-refractivity contribution in [1.29, 1.82) is 0 Å². The molecule has 1 N–H and O–H groups in total. The quantitative estimate of drug-likeness (QED) is 0.426. The zero-order valence-electron chi connectivity index (χ0n) is 7.47. The maximum atomic E-state index is 6.12. The number of hydrogen-bond donors (Lipinski definition) is 1. The van der Waals surface area contributed by atoms with E-state index >= 15 is 0 Å². The molecule has 12 heavy (non-hydrogen) atoms. The molecule has 0 aliphatic heterocycles. The summed E-state index contributed by atoms with van der Waals surface area (Å²) in [5.41, 5.74) is 1.20. The summed E-state index contributed by atoms with van der Waals surface area (Å²) in [4.78, 5) is 0. The third-order valence-electron chi connectivity index (χ3n) is 1.84. The Morgan fingerprint density at radius 2 is 2.17 bits per heavy atom. The maximum Gasteiger partial charge on any atom is 0.108 e. The van der Waals surface area contributed by atoms with E-state index in [4.69, 9.17) is 11.6 Å². The zero-order valence-corrected chi connectivity index (χ0v) is 10.2. The summed E-state index contributed by atoms with van der Waals surface area (Å²) in [5.74, 6) is 0. The van der Waals surface area contributed by atoms with E-state index in [0.717, 1.165) is 16.8 Å². The summed E-state index contributed by atoms with van der Waals surface area (Å²) >= 11 is 6.12. The second kappa shape index (κ2) is 4.65. The molecule has 0 bridgehead atoms. The van der Waals surface area contributed by atoms with Crippen LogP contribution in [0.5, 0.6) is 0 Å². The van der Waals surface area contributed by atoms with Crippen molar-refractivity contribution in [3.8, 4) is 0 Å². The highest BCUT2D eigenvalue weighted by Crippen LogP contribution is 2.13. The standard InChI is InChI=1S/C9H14ClNSi/c1-2-11-9(10)7-5-3-4-6-8(7)12/h3-6,9,11H,2H2,1,12H3. The van der Waals surface area contributed by atoms with Gasteiger partial charge in [-0.15, -0.1) is 11.6 Å². The Morgan fingerprint density at radius 3 is 2.75 bits per heavy atom. The molecule has 0 aliphatic rings. The molecule has 3 heteroatoms. The molecule has 1 nitrogen and oxygen atoms in total. The Kier molecular flexibility index (Phi) is 3.79. The number of nitrogens with one attached hydrogen (secondary N) is 1. The third-order valence-corrected chi connectivity index (χ3v) is 3.14. The number of halogens is 1. The van der Waals surface area contributed by atoms with Crippen molar-refractivity contribution < 1.29 is 0 Å². The molecule has 0 saturated carbocycles. The fraction of sp³-hybridized carbons (Fsp3) is 0.333. The van der Waals surface area contributed by atoms with E-state index in [0.29, 0.717) is 0 Å². The van der Waals surface area contributed by atoms with E-state index < -0.39 is 0 Å². The first-order chi connectivity index (χ1) is 5.75. The SMILES string of the molecule is CCNC(Cl)c1ccccc1[SiH3]. The van der Waals surface area contributed by atoms with Crippen LogP contribution in [0.15, 0.2) is 24.3 Å². The summed E-state index contributed by atoms with van der Waals surface area (Å²) in [6, 6.07) is 8.31. The summed E-state index contributed by atoms with van der Waals surface area (Å²) in [7, 11) is 1.06. The van der Waals surface area contributed by atoms with Crippen molar-refractivity contribution in [3.63, 3.8) is 0 Å². The number of alkyl halides is 1. The van der Waals surface area contributed by atoms with Gasteiger partial charge in [-0.25, -0.2) is 0 Å². The average Bonchev–Trinajstić information content (AvgIpc) is 2.05. The molecule has 0 spiro atoms. The van der Waals surface area contributed by atoms with Gasteiger partial charge in [-0.1, -0.05) is 36.4 Å². The van der Waals surface area contributed by atoms with Crippen LogP contribution in [0.2, 0.25) is 0 Å². The molecule has 1 atom stereocenters. The Bertz CT molecular complexity index is 252. The minimum atomic E-state index is -0.0244. The van der Waals surface area contributed by atoms with Crippen molar-refractivity contribution in [2.75, 3.05) is 6.54 Å². The monoisotopic (exact) mass is 199 g/mol. The highest BCUT2D eigenvalue weighted by molar-refractivity contribution is 6.34. The second-order valence-corrected chi connectivity index (χ2v) is 4.29. The van der Waals surface area contributed by atoms with Gasteiger partial charge in [-0.2, -0.15) is 0 Å². The molecule has 1 aromatic carbocycles. The van der Waals surface area contributed by atoms with Gasteiger partial charge in [0.25, 0.3) is 0 Å². The van der Waals surface area contributed by atoms with Crippen LogP contribution in [0, 0.1) is 0 Å². The summed E-state index contributed by atoms with van der Waals surface area (Å²) in [6.45, 7) is 2.97. The van der Waals surface area contributed by atoms with Crippen LogP contribution in [-0.2, 0) is 0 Å². The fourth-order valence-corrected chi connectivity index (χ4v) is 2.39. The van der Waals surface area contributed by atoms with Crippen LogP contribution in [0.4, 0.5) is 0 Å². The van der Waals surface area contributed by atoms with Crippen molar-refractivity contribution in [2.45, 2.75) is 12.4 Å². The minimum Gasteiger partial charge on any atom is -0.298 e. The highest BCUT2D eigenvalue weighted by Gasteiger charge is 2.06. The van der Waals surface area contributed by atoms with Crippen molar-refractivity contribution in [1.82, 2.24) is 5.32 Å². The lowest BCUT2D eigenvalue weighted by Gasteiger charge is -2.12. The van der Waals surface area contributed by atoms with Gasteiger partial charge in [-0.3, -0.25) is 5.32 Å². The van der Waals surface area contributed by atoms with Crippen LogP contribution in [-0.4, -0.2) is 16.8 Å². The molecule has 0 heterocycles. The first-order valence-corrected chi connectivity index (χ1v) is 5.62. The molecule has 0 fully saturated rings. The van der Waals surface area contributed by atoms with E-state index in [1.807, 2.05) is 6.07 Å². The normalized spacial score (nSPS) is 13.2. The molecular formula is C9H14ClNSi. The molecule has 0 saturated heterocycles. The number of benzene rings is 1. The van der Waals surface area contributed by atoms with Gasteiger partial charge >= 0.3 is 0 Å². The van der Waals surface area contributed by atoms with Gasteiger partial charge in [0.1, 0.15) is 5.50 Å². The Balaban J connectivity index is 2.79. The molecule has 1 aromatic rings.